The third-order valence-electron chi connectivity index (χ3n) is 13.3. The minimum Gasteiger partial charge on any atom is -0.469 e. The predicted octanol–water partition coefficient (Wildman–Crippen LogP) is 6.56. The molecule has 9 atom stereocenters. The lowest BCUT2D eigenvalue weighted by molar-refractivity contribution is -0.156. The molecule has 6 fully saturated rings. The number of carbonyl (C=O) groups is 2. The number of amides is 1. The quantitative estimate of drug-likeness (QED) is 0.441. The molecule has 1 aromatic rings. The van der Waals surface area contributed by atoms with Crippen LogP contribution >= 0.6 is 0 Å². The number of ether oxygens (including phenoxy) is 1. The number of esters is 1. The molecule has 198 valence electrons. The van der Waals surface area contributed by atoms with Gasteiger partial charge in [-0.05, 0) is 129 Å². The zero-order valence-electron chi connectivity index (χ0n) is 22.6. The summed E-state index contributed by atoms with van der Waals surface area (Å²) >= 11 is 0. The molecule has 1 aliphatic heterocycles. The lowest BCUT2D eigenvalue weighted by atomic mass is 9.50. The molecule has 0 radical (unpaired) electrons. The van der Waals surface area contributed by atoms with Crippen LogP contribution in [0.15, 0.2) is 24.3 Å². The van der Waals surface area contributed by atoms with Crippen molar-refractivity contribution < 1.29 is 14.3 Å². The SMILES string of the molecule is COC(=O)C12CCCC3CC1CC(C14CC5CC(C(=O)N6CCc7ccccc76)CC(C1)C(C5)C4)(C3)C2. The molecule has 6 saturated carbocycles. The minimum absolute atomic E-state index is 0.112. The summed E-state index contributed by atoms with van der Waals surface area (Å²) in [4.78, 5) is 29.4. The van der Waals surface area contributed by atoms with Gasteiger partial charge >= 0.3 is 5.97 Å². The van der Waals surface area contributed by atoms with Crippen LogP contribution in [0.2, 0.25) is 0 Å². The summed E-state index contributed by atoms with van der Waals surface area (Å²) < 4.78 is 5.53. The number of methoxy groups -OCH3 is 1. The van der Waals surface area contributed by atoms with E-state index in [9.17, 15) is 9.59 Å². The van der Waals surface area contributed by atoms with E-state index >= 15 is 0 Å². The van der Waals surface area contributed by atoms with E-state index in [0.29, 0.717) is 34.5 Å². The lowest BCUT2D eigenvalue weighted by Crippen LogP contribution is -2.46. The largest absolute Gasteiger partial charge is 0.469 e. The third-order valence-corrected chi connectivity index (χ3v) is 13.3. The molecule has 37 heavy (non-hydrogen) atoms. The predicted molar refractivity (Wildman–Crippen MR) is 143 cm³/mol. The molecule has 0 N–H and O–H groups in total. The molecule has 6 aliphatic carbocycles. The Morgan fingerprint density at radius 1 is 0.919 bits per heavy atom. The van der Waals surface area contributed by atoms with E-state index < -0.39 is 0 Å². The molecule has 4 heteroatoms. The molecular formula is C33H43NO3. The summed E-state index contributed by atoms with van der Waals surface area (Å²) in [5, 5.41) is 0. The molecule has 7 aliphatic rings. The standard InChI is InChI=1S/C33H43NO3/c1-37-30(36)33-9-4-5-21-13-27(33)19-32(15-21,20-33)31-16-22-11-24(14-26(18-31)25(12-22)17-31)29(35)34-10-8-23-6-2-3-7-28(23)34/h2-3,6-7,21-22,24-27H,4-5,8-20H2,1H3. The molecule has 1 aromatic carbocycles. The van der Waals surface area contributed by atoms with Crippen LogP contribution < -0.4 is 4.90 Å². The van der Waals surface area contributed by atoms with Crippen LogP contribution in [-0.4, -0.2) is 25.5 Å². The minimum atomic E-state index is -0.207. The zero-order chi connectivity index (χ0) is 25.0. The molecule has 9 unspecified atom stereocenters. The highest BCUT2D eigenvalue weighted by Gasteiger charge is 2.71. The summed E-state index contributed by atoms with van der Waals surface area (Å²) in [7, 11) is 1.62. The van der Waals surface area contributed by atoms with Gasteiger partial charge in [0.25, 0.3) is 0 Å². The Morgan fingerprint density at radius 2 is 1.73 bits per heavy atom. The molecule has 1 heterocycles. The van der Waals surface area contributed by atoms with E-state index in [1.807, 2.05) is 0 Å². The number of nitrogens with zero attached hydrogens (tertiary/aromatic N) is 1. The average molecular weight is 502 g/mol. The molecule has 0 saturated heterocycles. The highest BCUT2D eigenvalue weighted by molar-refractivity contribution is 5.97. The number of rotatable bonds is 3. The van der Waals surface area contributed by atoms with Crippen molar-refractivity contribution in [3.63, 3.8) is 0 Å². The van der Waals surface area contributed by atoms with Gasteiger partial charge in [0, 0.05) is 18.2 Å². The van der Waals surface area contributed by atoms with Crippen LogP contribution in [0.4, 0.5) is 5.69 Å². The second-order valence-corrected chi connectivity index (χ2v) is 14.8. The van der Waals surface area contributed by atoms with E-state index in [2.05, 4.69) is 29.2 Å². The molecule has 0 aromatic heterocycles. The monoisotopic (exact) mass is 501 g/mol. The third kappa shape index (κ3) is 3.08. The fraction of sp³-hybridized carbons (Fsp3) is 0.758. The van der Waals surface area contributed by atoms with Crippen LogP contribution in [0.5, 0.6) is 0 Å². The van der Waals surface area contributed by atoms with Gasteiger partial charge in [-0.3, -0.25) is 9.59 Å². The van der Waals surface area contributed by atoms with Gasteiger partial charge in [0.15, 0.2) is 0 Å². The van der Waals surface area contributed by atoms with Crippen molar-refractivity contribution >= 4 is 17.6 Å². The molecule has 6 bridgehead atoms. The van der Waals surface area contributed by atoms with Crippen molar-refractivity contribution in [3.05, 3.63) is 29.8 Å². The highest BCUT2D eigenvalue weighted by Crippen LogP contribution is 2.78. The average Bonchev–Trinajstić information content (AvgIpc) is 3.45. The van der Waals surface area contributed by atoms with E-state index in [0.717, 1.165) is 50.5 Å². The van der Waals surface area contributed by atoms with E-state index in [1.54, 1.807) is 7.11 Å². The Bertz CT molecular complexity index is 1140. The fourth-order valence-electron chi connectivity index (χ4n) is 12.3. The Hall–Kier alpha value is -1.84. The van der Waals surface area contributed by atoms with Crippen LogP contribution in [0.1, 0.15) is 89.0 Å². The first kappa shape index (κ1) is 23.1. The molecule has 4 nitrogen and oxygen atoms in total. The summed E-state index contributed by atoms with van der Waals surface area (Å²) in [6.45, 7) is 0.860. The van der Waals surface area contributed by atoms with Crippen molar-refractivity contribution in [2.45, 2.75) is 89.9 Å². The Balaban J connectivity index is 1.09. The number of carbonyl (C=O) groups excluding carboxylic acids is 2. The summed E-state index contributed by atoms with van der Waals surface area (Å²) in [6.07, 6.45) is 17.1. The van der Waals surface area contributed by atoms with Crippen molar-refractivity contribution in [1.29, 1.82) is 0 Å². The van der Waals surface area contributed by atoms with E-state index in [-0.39, 0.29) is 17.3 Å². The number of para-hydroxylation sites is 1. The van der Waals surface area contributed by atoms with E-state index in [1.165, 1.54) is 69.0 Å². The van der Waals surface area contributed by atoms with Crippen molar-refractivity contribution in [2.75, 3.05) is 18.6 Å². The molecule has 1 amide bonds. The number of hydrogen-bond acceptors (Lipinski definition) is 3. The smallest absolute Gasteiger partial charge is 0.312 e. The normalized spacial score (nSPS) is 47.0. The van der Waals surface area contributed by atoms with Gasteiger partial charge in [0.05, 0.1) is 12.5 Å². The first-order valence-electron chi connectivity index (χ1n) is 15.4. The lowest BCUT2D eigenvalue weighted by Gasteiger charge is -2.55. The first-order chi connectivity index (χ1) is 17.9. The second-order valence-electron chi connectivity index (χ2n) is 14.8. The maximum Gasteiger partial charge on any atom is 0.312 e. The fourth-order valence-corrected chi connectivity index (χ4v) is 12.3. The van der Waals surface area contributed by atoms with Gasteiger partial charge in [-0.2, -0.15) is 0 Å². The summed E-state index contributed by atoms with van der Waals surface area (Å²) in [5.74, 6) is 4.25. The topological polar surface area (TPSA) is 46.6 Å². The Morgan fingerprint density at radius 3 is 2.59 bits per heavy atom. The maximum absolute atomic E-state index is 13.9. The van der Waals surface area contributed by atoms with Gasteiger partial charge in [0.2, 0.25) is 5.91 Å². The summed E-state index contributed by atoms with van der Waals surface area (Å²) in [5.41, 5.74) is 3.04. The van der Waals surface area contributed by atoms with Crippen LogP contribution in [0.25, 0.3) is 0 Å². The molecular weight excluding hydrogens is 458 g/mol. The van der Waals surface area contributed by atoms with Crippen molar-refractivity contribution in [3.8, 4) is 0 Å². The Labute approximate surface area is 221 Å². The van der Waals surface area contributed by atoms with Gasteiger partial charge in [-0.15, -0.1) is 0 Å². The number of fused-ring (bicyclic) bond motifs is 6. The second kappa shape index (κ2) is 7.85. The molecule has 0 spiro atoms. The van der Waals surface area contributed by atoms with Crippen LogP contribution in [-0.2, 0) is 20.7 Å². The Kier molecular flexibility index (Phi) is 4.90. The molecule has 8 rings (SSSR count). The van der Waals surface area contributed by atoms with E-state index in [4.69, 9.17) is 4.74 Å². The number of hydrogen-bond donors (Lipinski definition) is 0. The van der Waals surface area contributed by atoms with Crippen LogP contribution in [0.3, 0.4) is 0 Å². The van der Waals surface area contributed by atoms with Crippen LogP contribution in [0, 0.1) is 51.8 Å². The van der Waals surface area contributed by atoms with Crippen molar-refractivity contribution in [1.82, 2.24) is 0 Å². The van der Waals surface area contributed by atoms with Gasteiger partial charge in [-0.1, -0.05) is 31.0 Å². The first-order valence-corrected chi connectivity index (χ1v) is 15.4. The highest BCUT2D eigenvalue weighted by atomic mass is 16.5. The van der Waals surface area contributed by atoms with Gasteiger partial charge < -0.3 is 9.64 Å². The maximum atomic E-state index is 13.9. The van der Waals surface area contributed by atoms with Crippen molar-refractivity contribution in [2.24, 2.45) is 51.8 Å². The number of anilines is 1. The number of benzene rings is 1. The summed E-state index contributed by atoms with van der Waals surface area (Å²) in [6, 6.07) is 8.53. The zero-order valence-corrected chi connectivity index (χ0v) is 22.6. The van der Waals surface area contributed by atoms with Gasteiger partial charge in [-0.25, -0.2) is 0 Å². The van der Waals surface area contributed by atoms with Gasteiger partial charge in [0.1, 0.15) is 0 Å².